The number of carbonyl (C=O) groups excluding carboxylic acids is 2. The van der Waals surface area contributed by atoms with Crippen LogP contribution >= 0.6 is 11.3 Å². The molecule has 24 heavy (non-hydrogen) atoms. The van der Waals surface area contributed by atoms with E-state index >= 15 is 0 Å². The number of carbonyl (C=O) groups is 2. The van der Waals surface area contributed by atoms with E-state index in [0.717, 1.165) is 23.4 Å². The Morgan fingerprint density at radius 2 is 2.17 bits per heavy atom. The third-order valence-corrected chi connectivity index (χ3v) is 5.25. The fraction of sp³-hybridized carbons (Fsp3) is 0.471. The average molecular weight is 348 g/mol. The topological polar surface area (TPSA) is 68.7 Å². The van der Waals surface area contributed by atoms with Crippen molar-refractivity contribution in [1.29, 1.82) is 0 Å². The van der Waals surface area contributed by atoms with Gasteiger partial charge in [0, 0.05) is 26.1 Å². The molecule has 0 saturated carbocycles. The van der Waals surface area contributed by atoms with Crippen molar-refractivity contribution in [2.45, 2.75) is 18.8 Å². The van der Waals surface area contributed by atoms with Gasteiger partial charge in [0.05, 0.1) is 15.2 Å². The fourth-order valence-electron chi connectivity index (χ4n) is 2.86. The van der Waals surface area contributed by atoms with Crippen LogP contribution in [0.2, 0.25) is 0 Å². The first kappa shape index (κ1) is 16.9. The molecule has 0 unspecified atom stereocenters. The summed E-state index contributed by atoms with van der Waals surface area (Å²) in [5.74, 6) is -0.439. The van der Waals surface area contributed by atoms with Crippen molar-refractivity contribution in [3.05, 3.63) is 29.3 Å². The third-order valence-electron chi connectivity index (χ3n) is 4.05. The van der Waals surface area contributed by atoms with Crippen LogP contribution in [0.4, 0.5) is 0 Å². The average Bonchev–Trinajstić information content (AvgIpc) is 3.04. The number of aromatic nitrogens is 1. The molecule has 1 saturated heterocycles. The predicted molar refractivity (Wildman–Crippen MR) is 91.0 cm³/mol. The molecular formula is C17H20N2O4S. The molecule has 7 heteroatoms. The molecule has 2 heterocycles. The number of rotatable bonds is 5. The summed E-state index contributed by atoms with van der Waals surface area (Å²) in [5.41, 5.74) is 1.01. The summed E-state index contributed by atoms with van der Waals surface area (Å²) >= 11 is 1.69. The largest absolute Gasteiger partial charge is 0.454 e. The van der Waals surface area contributed by atoms with E-state index in [1.165, 1.54) is 11.8 Å². The summed E-state index contributed by atoms with van der Waals surface area (Å²) in [4.78, 5) is 30.0. The molecule has 1 amide bonds. The number of benzene rings is 1. The maximum Gasteiger partial charge on any atom is 0.332 e. The maximum atomic E-state index is 12.2. The van der Waals surface area contributed by atoms with Gasteiger partial charge in [-0.1, -0.05) is 12.1 Å². The Morgan fingerprint density at radius 3 is 2.96 bits per heavy atom. The highest BCUT2D eigenvalue weighted by atomic mass is 32.1. The molecule has 1 aliphatic heterocycles. The molecule has 0 N–H and O–H groups in total. The molecule has 0 spiro atoms. The maximum absolute atomic E-state index is 12.2. The van der Waals surface area contributed by atoms with Crippen molar-refractivity contribution >= 4 is 33.4 Å². The summed E-state index contributed by atoms with van der Waals surface area (Å²) in [6.07, 6.45) is 1.95. The molecule has 1 atom stereocenters. The highest BCUT2D eigenvalue weighted by Gasteiger charge is 2.27. The minimum atomic E-state index is -0.523. The Hall–Kier alpha value is -1.99. The Bertz CT molecular complexity index is 697. The lowest BCUT2D eigenvalue weighted by atomic mass is 9.99. The number of fused-ring (bicyclic) bond motifs is 1. The van der Waals surface area contributed by atoms with Gasteiger partial charge in [-0.3, -0.25) is 4.79 Å². The summed E-state index contributed by atoms with van der Waals surface area (Å²) in [6, 6.07) is 8.07. The zero-order chi connectivity index (χ0) is 16.9. The lowest BCUT2D eigenvalue weighted by Crippen LogP contribution is -2.41. The number of nitrogens with zero attached hydrogens (tertiary/aromatic N) is 2. The molecular weight excluding hydrogens is 328 g/mol. The van der Waals surface area contributed by atoms with E-state index in [9.17, 15) is 9.59 Å². The highest BCUT2D eigenvalue weighted by Crippen LogP contribution is 2.32. The number of amides is 1. The van der Waals surface area contributed by atoms with Gasteiger partial charge in [0.15, 0.2) is 6.61 Å². The van der Waals surface area contributed by atoms with Gasteiger partial charge in [-0.2, -0.15) is 0 Å². The number of piperidine rings is 1. The Kier molecular flexibility index (Phi) is 5.42. The molecule has 0 bridgehead atoms. The number of hydrogen-bond donors (Lipinski definition) is 0. The number of likely N-dealkylation sites (tertiary alicyclic amines) is 1. The van der Waals surface area contributed by atoms with E-state index in [1.54, 1.807) is 16.2 Å². The van der Waals surface area contributed by atoms with E-state index in [2.05, 4.69) is 10.8 Å². The van der Waals surface area contributed by atoms with E-state index in [4.69, 9.17) is 9.72 Å². The zero-order valence-corrected chi connectivity index (χ0v) is 14.4. The number of thiazole rings is 1. The van der Waals surface area contributed by atoms with Crippen LogP contribution in [0.15, 0.2) is 24.3 Å². The second kappa shape index (κ2) is 7.72. The molecule has 3 rings (SSSR count). The van der Waals surface area contributed by atoms with Crippen LogP contribution in [0.5, 0.6) is 0 Å². The summed E-state index contributed by atoms with van der Waals surface area (Å²) < 4.78 is 10.8. The van der Waals surface area contributed by atoms with Crippen molar-refractivity contribution < 1.29 is 19.1 Å². The van der Waals surface area contributed by atoms with Crippen molar-refractivity contribution in [1.82, 2.24) is 9.88 Å². The van der Waals surface area contributed by atoms with Gasteiger partial charge in [0.1, 0.15) is 6.61 Å². The van der Waals surface area contributed by atoms with Gasteiger partial charge < -0.3 is 14.4 Å². The van der Waals surface area contributed by atoms with Gasteiger partial charge in [0.25, 0.3) is 5.91 Å². The van der Waals surface area contributed by atoms with E-state index in [0.29, 0.717) is 13.1 Å². The minimum Gasteiger partial charge on any atom is -0.454 e. The van der Waals surface area contributed by atoms with Crippen LogP contribution in [0.3, 0.4) is 0 Å². The number of methoxy groups -OCH3 is 1. The van der Waals surface area contributed by atoms with Crippen LogP contribution in [0.25, 0.3) is 10.2 Å². The van der Waals surface area contributed by atoms with Crippen LogP contribution in [-0.2, 0) is 19.1 Å². The molecule has 6 nitrogen and oxygen atoms in total. The first-order valence-electron chi connectivity index (χ1n) is 7.95. The summed E-state index contributed by atoms with van der Waals surface area (Å²) in [7, 11) is 1.41. The molecule has 1 aromatic heterocycles. The van der Waals surface area contributed by atoms with Crippen molar-refractivity contribution in [2.24, 2.45) is 0 Å². The van der Waals surface area contributed by atoms with E-state index in [1.807, 2.05) is 18.2 Å². The Labute approximate surface area is 144 Å². The summed E-state index contributed by atoms with van der Waals surface area (Å²) in [5, 5.41) is 1.07. The van der Waals surface area contributed by atoms with Gasteiger partial charge in [0.2, 0.25) is 0 Å². The summed E-state index contributed by atoms with van der Waals surface area (Å²) in [6.45, 7) is 0.957. The molecule has 1 aromatic carbocycles. The van der Waals surface area contributed by atoms with Crippen molar-refractivity contribution in [3.8, 4) is 0 Å². The molecule has 0 aliphatic carbocycles. The van der Waals surface area contributed by atoms with Gasteiger partial charge >= 0.3 is 5.97 Å². The number of ether oxygens (including phenoxy) is 2. The van der Waals surface area contributed by atoms with Gasteiger partial charge in [-0.25, -0.2) is 9.78 Å². The molecule has 1 aliphatic rings. The fourth-order valence-corrected chi connectivity index (χ4v) is 3.96. The highest BCUT2D eigenvalue weighted by molar-refractivity contribution is 7.18. The second-order valence-electron chi connectivity index (χ2n) is 5.79. The van der Waals surface area contributed by atoms with Crippen molar-refractivity contribution in [3.63, 3.8) is 0 Å². The minimum absolute atomic E-state index is 0.137. The SMILES string of the molecule is COCC(=O)OCC(=O)N1CCC[C@H](c2nc3ccccc3s2)C1. The monoisotopic (exact) mass is 348 g/mol. The quantitative estimate of drug-likeness (QED) is 0.775. The number of esters is 1. The Morgan fingerprint density at radius 1 is 1.33 bits per heavy atom. The van der Waals surface area contributed by atoms with Crippen LogP contribution in [-0.4, -0.2) is 55.2 Å². The predicted octanol–water partition coefficient (Wildman–Crippen LogP) is 2.19. The first-order valence-corrected chi connectivity index (χ1v) is 8.77. The number of hydrogen-bond acceptors (Lipinski definition) is 6. The third kappa shape index (κ3) is 3.91. The lowest BCUT2D eigenvalue weighted by Gasteiger charge is -2.31. The van der Waals surface area contributed by atoms with E-state index in [-0.39, 0.29) is 25.0 Å². The van der Waals surface area contributed by atoms with Crippen molar-refractivity contribution in [2.75, 3.05) is 33.4 Å². The molecule has 0 radical (unpaired) electrons. The number of para-hydroxylation sites is 1. The van der Waals surface area contributed by atoms with E-state index < -0.39 is 5.97 Å². The van der Waals surface area contributed by atoms with Crippen LogP contribution in [0.1, 0.15) is 23.8 Å². The Balaban J connectivity index is 1.61. The molecule has 2 aromatic rings. The lowest BCUT2D eigenvalue weighted by molar-refractivity contribution is -0.155. The smallest absolute Gasteiger partial charge is 0.332 e. The van der Waals surface area contributed by atoms with Crippen LogP contribution < -0.4 is 0 Å². The van der Waals surface area contributed by atoms with Gasteiger partial charge in [-0.15, -0.1) is 11.3 Å². The van der Waals surface area contributed by atoms with Crippen LogP contribution in [0, 0.1) is 0 Å². The van der Waals surface area contributed by atoms with Gasteiger partial charge in [-0.05, 0) is 25.0 Å². The molecule has 128 valence electrons. The standard InChI is InChI=1S/C17H20N2O4S/c1-22-11-16(21)23-10-15(20)19-8-4-5-12(9-19)17-18-13-6-2-3-7-14(13)24-17/h2-3,6-7,12H,4-5,8-11H2,1H3/t12-/m0/s1. The molecule has 1 fully saturated rings. The second-order valence-corrected chi connectivity index (χ2v) is 6.85. The zero-order valence-electron chi connectivity index (χ0n) is 13.6. The first-order chi connectivity index (χ1) is 11.7. The normalized spacial score (nSPS) is 17.9.